The van der Waals surface area contributed by atoms with E-state index in [0.29, 0.717) is 31.1 Å². The van der Waals surface area contributed by atoms with Crippen LogP contribution in [-0.2, 0) is 13.1 Å². The molecule has 4 rings (SSSR count). The Hall–Kier alpha value is -2.64. The number of aromatic nitrogens is 1. The molecule has 32 heavy (non-hydrogen) atoms. The molecule has 7 heteroatoms. The minimum atomic E-state index is -0.156. The molecule has 0 aliphatic carbocycles. The summed E-state index contributed by atoms with van der Waals surface area (Å²) in [4.78, 5) is 30.7. The smallest absolute Gasteiger partial charge is 0.263 e. The van der Waals surface area contributed by atoms with Crippen molar-refractivity contribution in [3.05, 3.63) is 63.6 Å². The molecule has 1 N–H and O–H groups in total. The Labute approximate surface area is 190 Å². The molecule has 1 unspecified atom stereocenters. The molecule has 2 aromatic rings. The van der Waals surface area contributed by atoms with E-state index in [1.807, 2.05) is 42.3 Å². The zero-order chi connectivity index (χ0) is 22.5. The first-order valence-corrected chi connectivity index (χ1v) is 11.6. The van der Waals surface area contributed by atoms with Crippen molar-refractivity contribution in [2.24, 2.45) is 5.92 Å². The highest BCUT2D eigenvalue weighted by atomic mass is 16.5. The van der Waals surface area contributed by atoms with E-state index in [4.69, 9.17) is 4.74 Å². The Balaban J connectivity index is 1.41. The number of piperazine rings is 1. The van der Waals surface area contributed by atoms with E-state index < -0.39 is 0 Å². The number of ether oxygens (including phenoxy) is 1. The van der Waals surface area contributed by atoms with E-state index in [9.17, 15) is 9.59 Å². The Morgan fingerprint density at radius 2 is 1.94 bits per heavy atom. The lowest BCUT2D eigenvalue weighted by atomic mass is 9.99. The summed E-state index contributed by atoms with van der Waals surface area (Å²) in [6, 6.07) is 9.95. The van der Waals surface area contributed by atoms with Gasteiger partial charge in [0.15, 0.2) is 0 Å². The predicted octanol–water partition coefficient (Wildman–Crippen LogP) is 2.12. The number of hydrogen-bond acceptors (Lipinski definition) is 5. The molecule has 1 aromatic carbocycles. The normalized spacial score (nSPS) is 19.7. The van der Waals surface area contributed by atoms with E-state index in [1.54, 1.807) is 11.7 Å². The highest BCUT2D eigenvalue weighted by molar-refractivity contribution is 5.95. The molecular weight excluding hydrogens is 404 g/mol. The van der Waals surface area contributed by atoms with Crippen LogP contribution in [0.5, 0.6) is 5.75 Å². The van der Waals surface area contributed by atoms with Crippen molar-refractivity contribution >= 4 is 5.91 Å². The molecule has 0 bridgehead atoms. The van der Waals surface area contributed by atoms with Crippen molar-refractivity contribution in [2.45, 2.75) is 32.9 Å². The summed E-state index contributed by atoms with van der Waals surface area (Å²) in [7, 11) is 1.69. The number of para-hydroxylation sites is 1. The summed E-state index contributed by atoms with van der Waals surface area (Å²) >= 11 is 0. The molecule has 1 atom stereocenters. The van der Waals surface area contributed by atoms with E-state index in [1.165, 1.54) is 0 Å². The molecule has 1 amide bonds. The number of nitrogens with one attached hydrogen (secondary N) is 1. The second-order valence-electron chi connectivity index (χ2n) is 8.92. The average molecular weight is 439 g/mol. The first-order chi connectivity index (χ1) is 15.6. The fourth-order valence-corrected chi connectivity index (χ4v) is 4.77. The Morgan fingerprint density at radius 3 is 2.66 bits per heavy atom. The van der Waals surface area contributed by atoms with Gasteiger partial charge in [0.25, 0.3) is 11.5 Å². The molecule has 2 aliphatic heterocycles. The number of aryl methyl sites for hydroxylation is 1. The van der Waals surface area contributed by atoms with Gasteiger partial charge in [0, 0.05) is 51.0 Å². The van der Waals surface area contributed by atoms with Gasteiger partial charge in [0.05, 0.1) is 7.11 Å². The number of nitrogens with zero attached hydrogens (tertiary/aromatic N) is 3. The fraction of sp³-hybridized carbons (Fsp3) is 0.520. The summed E-state index contributed by atoms with van der Waals surface area (Å²) in [5.74, 6) is 1.19. The van der Waals surface area contributed by atoms with Gasteiger partial charge in [-0.2, -0.15) is 0 Å². The largest absolute Gasteiger partial charge is 0.496 e. The maximum atomic E-state index is 13.3. The van der Waals surface area contributed by atoms with Gasteiger partial charge in [-0.05, 0) is 56.5 Å². The van der Waals surface area contributed by atoms with E-state index in [-0.39, 0.29) is 11.5 Å². The number of amides is 1. The molecular formula is C25H34N4O3. The van der Waals surface area contributed by atoms with Crippen LogP contribution < -0.4 is 15.6 Å². The van der Waals surface area contributed by atoms with Crippen molar-refractivity contribution in [3.8, 4) is 5.75 Å². The van der Waals surface area contributed by atoms with Crippen LogP contribution in [0.4, 0.5) is 0 Å². The van der Waals surface area contributed by atoms with Crippen LogP contribution in [0.1, 0.15) is 34.3 Å². The minimum absolute atomic E-state index is 0.138. The van der Waals surface area contributed by atoms with Crippen LogP contribution in [0.3, 0.4) is 0 Å². The minimum Gasteiger partial charge on any atom is -0.496 e. The van der Waals surface area contributed by atoms with Gasteiger partial charge in [-0.25, -0.2) is 0 Å². The highest BCUT2D eigenvalue weighted by Crippen LogP contribution is 2.20. The maximum Gasteiger partial charge on any atom is 0.263 e. The van der Waals surface area contributed by atoms with Gasteiger partial charge < -0.3 is 19.5 Å². The quantitative estimate of drug-likeness (QED) is 0.749. The van der Waals surface area contributed by atoms with Crippen LogP contribution in [0, 0.1) is 12.8 Å². The molecule has 2 saturated heterocycles. The molecule has 0 spiro atoms. The molecule has 1 aromatic heterocycles. The Bertz CT molecular complexity index is 989. The third-order valence-electron chi connectivity index (χ3n) is 6.69. The first kappa shape index (κ1) is 22.6. The summed E-state index contributed by atoms with van der Waals surface area (Å²) in [6.45, 7) is 8.08. The lowest BCUT2D eigenvalue weighted by molar-refractivity contribution is 0.0624. The second kappa shape index (κ2) is 10.3. The molecule has 2 fully saturated rings. The number of hydrogen-bond donors (Lipinski definition) is 1. The van der Waals surface area contributed by atoms with E-state index in [0.717, 1.165) is 62.4 Å². The van der Waals surface area contributed by atoms with Crippen LogP contribution >= 0.6 is 0 Å². The third kappa shape index (κ3) is 5.05. The van der Waals surface area contributed by atoms with Crippen molar-refractivity contribution < 1.29 is 9.53 Å². The molecule has 3 heterocycles. The van der Waals surface area contributed by atoms with Crippen molar-refractivity contribution in [1.82, 2.24) is 19.7 Å². The Morgan fingerprint density at radius 1 is 1.16 bits per heavy atom. The zero-order valence-corrected chi connectivity index (χ0v) is 19.2. The number of rotatable bonds is 6. The van der Waals surface area contributed by atoms with Crippen LogP contribution in [0.2, 0.25) is 0 Å². The SMILES string of the molecule is COc1ccccc1CN1CCN(C(=O)c2c(C)ccn(CC3CCCNC3)c2=O)CC1. The maximum absolute atomic E-state index is 13.3. The Kier molecular flexibility index (Phi) is 7.27. The van der Waals surface area contributed by atoms with Gasteiger partial charge in [0.2, 0.25) is 0 Å². The first-order valence-electron chi connectivity index (χ1n) is 11.6. The summed E-state index contributed by atoms with van der Waals surface area (Å²) < 4.78 is 7.20. The zero-order valence-electron chi connectivity index (χ0n) is 19.2. The lowest BCUT2D eigenvalue weighted by Crippen LogP contribution is -2.49. The van der Waals surface area contributed by atoms with Crippen molar-refractivity contribution in [1.29, 1.82) is 0 Å². The number of piperidine rings is 1. The average Bonchev–Trinajstić information content (AvgIpc) is 2.82. The molecule has 7 nitrogen and oxygen atoms in total. The van der Waals surface area contributed by atoms with Crippen LogP contribution in [-0.4, -0.2) is 66.7 Å². The summed E-state index contributed by atoms with van der Waals surface area (Å²) in [6.07, 6.45) is 4.09. The molecule has 0 radical (unpaired) electrons. The van der Waals surface area contributed by atoms with Gasteiger partial charge >= 0.3 is 0 Å². The molecule has 172 valence electrons. The summed E-state index contributed by atoms with van der Waals surface area (Å²) in [5.41, 5.74) is 2.08. The number of benzene rings is 1. The number of carbonyl (C=O) groups excluding carboxylic acids is 1. The van der Waals surface area contributed by atoms with Gasteiger partial charge in [-0.3, -0.25) is 14.5 Å². The lowest BCUT2D eigenvalue weighted by Gasteiger charge is -2.35. The van der Waals surface area contributed by atoms with Crippen LogP contribution in [0.15, 0.2) is 41.3 Å². The van der Waals surface area contributed by atoms with Crippen molar-refractivity contribution in [3.63, 3.8) is 0 Å². The number of methoxy groups -OCH3 is 1. The van der Waals surface area contributed by atoms with Gasteiger partial charge in [-0.15, -0.1) is 0 Å². The standard InChI is InChI=1S/C25H34N4O3/c1-19-9-11-29(17-20-6-5-10-26-16-20)25(31)23(19)24(30)28-14-12-27(13-15-28)18-21-7-3-4-8-22(21)32-2/h3-4,7-9,11,20,26H,5-6,10,12-18H2,1-2H3. The second-order valence-corrected chi connectivity index (χ2v) is 8.92. The third-order valence-corrected chi connectivity index (χ3v) is 6.69. The van der Waals surface area contributed by atoms with Gasteiger partial charge in [-0.1, -0.05) is 18.2 Å². The molecule has 0 saturated carbocycles. The summed E-state index contributed by atoms with van der Waals surface area (Å²) in [5, 5.41) is 3.40. The van der Waals surface area contributed by atoms with Gasteiger partial charge in [0.1, 0.15) is 11.3 Å². The van der Waals surface area contributed by atoms with Crippen LogP contribution in [0.25, 0.3) is 0 Å². The monoisotopic (exact) mass is 438 g/mol. The number of pyridine rings is 1. The van der Waals surface area contributed by atoms with E-state index in [2.05, 4.69) is 16.3 Å². The van der Waals surface area contributed by atoms with E-state index >= 15 is 0 Å². The predicted molar refractivity (Wildman–Crippen MR) is 125 cm³/mol. The van der Waals surface area contributed by atoms with Crippen molar-refractivity contribution in [2.75, 3.05) is 46.4 Å². The molecule has 2 aliphatic rings. The fourth-order valence-electron chi connectivity index (χ4n) is 4.77. The number of carbonyl (C=O) groups is 1. The topological polar surface area (TPSA) is 66.8 Å². The highest BCUT2D eigenvalue weighted by Gasteiger charge is 2.26.